The zero-order valence-corrected chi connectivity index (χ0v) is 13.0. The molecule has 0 aromatic carbocycles. The van der Waals surface area contributed by atoms with E-state index in [1.807, 2.05) is 0 Å². The van der Waals surface area contributed by atoms with E-state index in [2.05, 4.69) is 11.7 Å². The van der Waals surface area contributed by atoms with Gasteiger partial charge in [-0.2, -0.15) is 22.0 Å². The van der Waals surface area contributed by atoms with Gasteiger partial charge in [0.25, 0.3) is 0 Å². The standard InChI is InChI=1S/C15H25F5O2/c1-2-3-4-5-6-7-8-9-10-11-12-22-13(21)14(16,17)15(18,19)20/h2-12H2,1H3. The van der Waals surface area contributed by atoms with E-state index in [1.165, 1.54) is 25.7 Å². The molecule has 7 heteroatoms. The van der Waals surface area contributed by atoms with Crippen molar-refractivity contribution in [2.24, 2.45) is 0 Å². The van der Waals surface area contributed by atoms with Gasteiger partial charge in [-0.1, -0.05) is 64.7 Å². The van der Waals surface area contributed by atoms with Gasteiger partial charge in [-0.05, 0) is 6.42 Å². The Morgan fingerprint density at radius 2 is 1.18 bits per heavy atom. The molecule has 0 aliphatic rings. The van der Waals surface area contributed by atoms with E-state index in [0.29, 0.717) is 12.8 Å². The minimum atomic E-state index is -5.90. The fourth-order valence-electron chi connectivity index (χ4n) is 1.96. The van der Waals surface area contributed by atoms with Gasteiger partial charge in [0.1, 0.15) is 0 Å². The molecule has 0 N–H and O–H groups in total. The number of halogens is 5. The maximum absolute atomic E-state index is 12.5. The van der Waals surface area contributed by atoms with Crippen LogP contribution in [0.3, 0.4) is 0 Å². The van der Waals surface area contributed by atoms with Crippen LogP contribution in [-0.2, 0) is 9.53 Å². The predicted molar refractivity (Wildman–Crippen MR) is 73.8 cm³/mol. The lowest BCUT2D eigenvalue weighted by Crippen LogP contribution is -2.45. The van der Waals surface area contributed by atoms with Gasteiger partial charge in [-0.3, -0.25) is 0 Å². The Hall–Kier alpha value is -0.880. The van der Waals surface area contributed by atoms with E-state index < -0.39 is 24.7 Å². The first-order chi connectivity index (χ1) is 10.2. The fourth-order valence-corrected chi connectivity index (χ4v) is 1.96. The Morgan fingerprint density at radius 3 is 1.59 bits per heavy atom. The lowest BCUT2D eigenvalue weighted by molar-refractivity contribution is -0.280. The van der Waals surface area contributed by atoms with Crippen molar-refractivity contribution in [2.45, 2.75) is 83.2 Å². The van der Waals surface area contributed by atoms with Gasteiger partial charge in [0, 0.05) is 0 Å². The summed E-state index contributed by atoms with van der Waals surface area (Å²) in [5, 5.41) is 0. The maximum Gasteiger partial charge on any atom is 0.465 e. The molecule has 22 heavy (non-hydrogen) atoms. The third-order valence-corrected chi connectivity index (χ3v) is 3.34. The molecule has 0 saturated carbocycles. The number of alkyl halides is 5. The molecule has 0 aliphatic carbocycles. The number of esters is 1. The summed E-state index contributed by atoms with van der Waals surface area (Å²) in [6.45, 7) is 1.75. The first-order valence-corrected chi connectivity index (χ1v) is 7.85. The first kappa shape index (κ1) is 21.1. The van der Waals surface area contributed by atoms with Crippen molar-refractivity contribution in [2.75, 3.05) is 6.61 Å². The maximum atomic E-state index is 12.5. The fraction of sp³-hybridized carbons (Fsp3) is 0.933. The zero-order valence-electron chi connectivity index (χ0n) is 13.0. The quantitative estimate of drug-likeness (QED) is 0.262. The summed E-state index contributed by atoms with van der Waals surface area (Å²) in [5.41, 5.74) is 0. The highest BCUT2D eigenvalue weighted by molar-refractivity contribution is 5.78. The van der Waals surface area contributed by atoms with Gasteiger partial charge in [0.15, 0.2) is 0 Å². The van der Waals surface area contributed by atoms with Crippen LogP contribution < -0.4 is 0 Å². The number of carbonyl (C=O) groups is 1. The summed E-state index contributed by atoms with van der Waals surface area (Å²) >= 11 is 0. The highest BCUT2D eigenvalue weighted by Crippen LogP contribution is 2.36. The molecule has 0 aliphatic heterocycles. The molecular weight excluding hydrogens is 307 g/mol. The number of rotatable bonds is 12. The molecule has 2 nitrogen and oxygen atoms in total. The molecule has 0 heterocycles. The van der Waals surface area contributed by atoms with Crippen LogP contribution >= 0.6 is 0 Å². The minimum absolute atomic E-state index is 0.301. The van der Waals surface area contributed by atoms with E-state index in [-0.39, 0.29) is 0 Å². The van der Waals surface area contributed by atoms with Crippen molar-refractivity contribution in [3.05, 3.63) is 0 Å². The minimum Gasteiger partial charge on any atom is -0.461 e. The summed E-state index contributed by atoms with van der Waals surface area (Å²) in [4.78, 5) is 10.7. The number of ether oxygens (including phenoxy) is 1. The van der Waals surface area contributed by atoms with E-state index >= 15 is 0 Å². The molecule has 0 aromatic heterocycles. The predicted octanol–water partition coefficient (Wildman–Crippen LogP) is 5.65. The van der Waals surface area contributed by atoms with Crippen molar-refractivity contribution >= 4 is 5.97 Å². The van der Waals surface area contributed by atoms with Crippen molar-refractivity contribution in [3.8, 4) is 0 Å². The third kappa shape index (κ3) is 8.54. The van der Waals surface area contributed by atoms with Crippen molar-refractivity contribution in [3.63, 3.8) is 0 Å². The Balaban J connectivity index is 3.52. The van der Waals surface area contributed by atoms with Crippen LogP contribution in [0.1, 0.15) is 71.1 Å². The monoisotopic (exact) mass is 332 g/mol. The van der Waals surface area contributed by atoms with Crippen molar-refractivity contribution in [1.82, 2.24) is 0 Å². The molecule has 0 bridgehead atoms. The highest BCUT2D eigenvalue weighted by atomic mass is 19.4. The van der Waals surface area contributed by atoms with E-state index in [1.54, 1.807) is 0 Å². The van der Waals surface area contributed by atoms with Gasteiger partial charge in [0.2, 0.25) is 0 Å². The SMILES string of the molecule is CCCCCCCCCCCCOC(=O)C(F)(F)C(F)(F)F. The molecule has 0 spiro atoms. The molecule has 0 amide bonds. The largest absolute Gasteiger partial charge is 0.465 e. The summed E-state index contributed by atoms with van der Waals surface area (Å²) in [5.74, 6) is -7.94. The Bertz CT molecular complexity index is 303. The van der Waals surface area contributed by atoms with Gasteiger partial charge < -0.3 is 4.74 Å². The zero-order chi connectivity index (χ0) is 17.1. The van der Waals surface area contributed by atoms with Crippen LogP contribution in [0.2, 0.25) is 0 Å². The van der Waals surface area contributed by atoms with Crippen LogP contribution in [-0.4, -0.2) is 24.7 Å². The summed E-state index contributed by atoms with van der Waals surface area (Å²) in [7, 11) is 0. The molecule has 132 valence electrons. The highest BCUT2D eigenvalue weighted by Gasteiger charge is 2.64. The summed E-state index contributed by atoms with van der Waals surface area (Å²) < 4.78 is 64.6. The van der Waals surface area contributed by atoms with Gasteiger partial charge in [-0.15, -0.1) is 0 Å². The average molecular weight is 332 g/mol. The lowest BCUT2D eigenvalue weighted by Gasteiger charge is -2.17. The van der Waals surface area contributed by atoms with Crippen molar-refractivity contribution in [1.29, 1.82) is 0 Å². The van der Waals surface area contributed by atoms with Crippen LogP contribution in [0.4, 0.5) is 22.0 Å². The Labute approximate surface area is 128 Å². The second-order valence-electron chi connectivity index (χ2n) is 5.39. The number of unbranched alkanes of at least 4 members (excludes halogenated alkanes) is 9. The van der Waals surface area contributed by atoms with E-state index in [9.17, 15) is 26.7 Å². The second kappa shape index (κ2) is 10.8. The molecule has 0 aromatic rings. The molecule has 0 rings (SSSR count). The van der Waals surface area contributed by atoms with Crippen LogP contribution in [0.15, 0.2) is 0 Å². The summed E-state index contributed by atoms with van der Waals surface area (Å²) in [6.07, 6.45) is 4.05. The number of carbonyl (C=O) groups excluding carboxylic acids is 1. The van der Waals surface area contributed by atoms with E-state index in [0.717, 1.165) is 25.7 Å². The molecule has 0 unspecified atom stereocenters. The average Bonchev–Trinajstić information content (AvgIpc) is 2.43. The van der Waals surface area contributed by atoms with E-state index in [4.69, 9.17) is 0 Å². The summed E-state index contributed by atoms with van der Waals surface area (Å²) in [6, 6.07) is 0. The molecule has 0 fully saturated rings. The number of hydrogen-bond acceptors (Lipinski definition) is 2. The van der Waals surface area contributed by atoms with Crippen molar-refractivity contribution < 1.29 is 31.5 Å². The molecular formula is C15H25F5O2. The van der Waals surface area contributed by atoms with Gasteiger partial charge in [-0.25, -0.2) is 4.79 Å². The topological polar surface area (TPSA) is 26.3 Å². The smallest absolute Gasteiger partial charge is 0.461 e. The van der Waals surface area contributed by atoms with Crippen LogP contribution in [0.5, 0.6) is 0 Å². The number of hydrogen-bond donors (Lipinski definition) is 0. The second-order valence-corrected chi connectivity index (χ2v) is 5.39. The Kier molecular flexibility index (Phi) is 10.3. The molecule has 0 atom stereocenters. The normalized spacial score (nSPS) is 12.5. The molecule has 0 saturated heterocycles. The first-order valence-electron chi connectivity index (χ1n) is 7.85. The van der Waals surface area contributed by atoms with Gasteiger partial charge in [0.05, 0.1) is 6.61 Å². The molecule has 0 radical (unpaired) electrons. The third-order valence-electron chi connectivity index (χ3n) is 3.34. The van der Waals surface area contributed by atoms with Gasteiger partial charge >= 0.3 is 18.1 Å². The Morgan fingerprint density at radius 1 is 0.773 bits per heavy atom. The van der Waals surface area contributed by atoms with Crippen LogP contribution in [0, 0.1) is 0 Å². The van der Waals surface area contributed by atoms with Crippen LogP contribution in [0.25, 0.3) is 0 Å². The lowest BCUT2D eigenvalue weighted by atomic mass is 10.1.